The predicted octanol–water partition coefficient (Wildman–Crippen LogP) is 1.66. The summed E-state index contributed by atoms with van der Waals surface area (Å²) in [5.74, 6) is -0.228. The second kappa shape index (κ2) is 7.21. The molecule has 0 saturated heterocycles. The van der Waals surface area contributed by atoms with Crippen LogP contribution in [0.25, 0.3) is 0 Å². The van der Waals surface area contributed by atoms with Crippen LogP contribution in [0.4, 0.5) is 10.1 Å². The third-order valence-corrected chi connectivity index (χ3v) is 3.75. The first-order chi connectivity index (χ1) is 12.0. The normalized spacial score (nSPS) is 12.9. The van der Waals surface area contributed by atoms with Crippen molar-refractivity contribution >= 4 is 17.5 Å². The second-order valence-electron chi connectivity index (χ2n) is 5.58. The first-order valence-electron chi connectivity index (χ1n) is 7.76. The Morgan fingerprint density at radius 1 is 1.20 bits per heavy atom. The van der Waals surface area contributed by atoms with Gasteiger partial charge in [0.05, 0.1) is 18.7 Å². The molecule has 1 aliphatic heterocycles. The minimum atomic E-state index is -0.416. The van der Waals surface area contributed by atoms with E-state index in [1.54, 1.807) is 24.3 Å². The van der Waals surface area contributed by atoms with Crippen molar-refractivity contribution < 1.29 is 23.5 Å². The van der Waals surface area contributed by atoms with Crippen molar-refractivity contribution in [3.8, 4) is 11.5 Å². The number of rotatable bonds is 5. The molecule has 6 nitrogen and oxygen atoms in total. The Labute approximate surface area is 143 Å². The summed E-state index contributed by atoms with van der Waals surface area (Å²) in [6, 6.07) is 10.8. The molecule has 3 rings (SSSR count). The number of carbonyl (C=O) groups is 2. The lowest BCUT2D eigenvalue weighted by molar-refractivity contribution is -0.121. The number of amides is 2. The van der Waals surface area contributed by atoms with Crippen molar-refractivity contribution in [2.75, 3.05) is 24.7 Å². The molecule has 0 aromatic heterocycles. The van der Waals surface area contributed by atoms with Gasteiger partial charge in [-0.2, -0.15) is 0 Å². The van der Waals surface area contributed by atoms with E-state index in [2.05, 4.69) is 0 Å². The minimum Gasteiger partial charge on any atom is -0.489 e. The smallest absolute Gasteiger partial charge is 0.265 e. The molecule has 0 fully saturated rings. The molecule has 1 heterocycles. The highest BCUT2D eigenvalue weighted by molar-refractivity contribution is 5.96. The largest absolute Gasteiger partial charge is 0.489 e. The average Bonchev–Trinajstić information content (AvgIpc) is 2.59. The maximum absolute atomic E-state index is 13.3. The molecule has 0 aliphatic carbocycles. The van der Waals surface area contributed by atoms with Crippen LogP contribution < -0.4 is 20.1 Å². The summed E-state index contributed by atoms with van der Waals surface area (Å²) in [5, 5.41) is 0. The monoisotopic (exact) mass is 344 g/mol. The Morgan fingerprint density at radius 3 is 2.68 bits per heavy atom. The molecular formula is C18H17FN2O4. The summed E-state index contributed by atoms with van der Waals surface area (Å²) >= 11 is 0. The molecule has 0 spiro atoms. The van der Waals surface area contributed by atoms with Crippen molar-refractivity contribution in [2.24, 2.45) is 5.73 Å². The number of halogens is 1. The topological polar surface area (TPSA) is 81.9 Å². The highest BCUT2D eigenvalue weighted by Gasteiger charge is 2.24. The Kier molecular flexibility index (Phi) is 4.83. The molecule has 0 bridgehead atoms. The number of benzene rings is 2. The number of ether oxygens (including phenoxy) is 2. The molecule has 130 valence electrons. The molecule has 2 aromatic carbocycles. The van der Waals surface area contributed by atoms with Crippen LogP contribution in [0, 0.1) is 5.82 Å². The van der Waals surface area contributed by atoms with Crippen molar-refractivity contribution in [2.45, 2.75) is 6.42 Å². The van der Waals surface area contributed by atoms with Crippen LogP contribution in [-0.4, -0.2) is 31.6 Å². The number of primary amides is 1. The molecule has 0 unspecified atom stereocenters. The number of carbonyl (C=O) groups excluding carboxylic acids is 2. The molecule has 2 aromatic rings. The number of fused-ring (bicyclic) bond motifs is 1. The third-order valence-electron chi connectivity index (χ3n) is 3.75. The van der Waals surface area contributed by atoms with Gasteiger partial charge in [0.25, 0.3) is 5.91 Å². The summed E-state index contributed by atoms with van der Waals surface area (Å²) in [4.78, 5) is 24.8. The number of nitrogens with two attached hydrogens (primary N) is 1. The van der Waals surface area contributed by atoms with Gasteiger partial charge in [-0.3, -0.25) is 9.59 Å². The maximum atomic E-state index is 13.3. The fraction of sp³-hybridized carbons (Fsp3) is 0.222. The van der Waals surface area contributed by atoms with E-state index in [0.717, 1.165) is 5.56 Å². The lowest BCUT2D eigenvalue weighted by Crippen LogP contribution is -2.40. The predicted molar refractivity (Wildman–Crippen MR) is 89.1 cm³/mol. The van der Waals surface area contributed by atoms with E-state index < -0.39 is 11.7 Å². The third kappa shape index (κ3) is 4.06. The van der Waals surface area contributed by atoms with Crippen LogP contribution in [0.1, 0.15) is 5.56 Å². The highest BCUT2D eigenvalue weighted by atomic mass is 19.1. The van der Waals surface area contributed by atoms with Crippen LogP contribution in [-0.2, 0) is 16.0 Å². The van der Waals surface area contributed by atoms with Crippen LogP contribution in [0.3, 0.4) is 0 Å². The molecule has 1 aliphatic rings. The summed E-state index contributed by atoms with van der Waals surface area (Å²) in [5.41, 5.74) is 6.44. The molecule has 25 heavy (non-hydrogen) atoms. The summed E-state index contributed by atoms with van der Waals surface area (Å²) in [7, 11) is 0. The molecule has 0 radical (unpaired) electrons. The van der Waals surface area contributed by atoms with Gasteiger partial charge in [0, 0.05) is 6.07 Å². The fourth-order valence-corrected chi connectivity index (χ4v) is 2.58. The van der Waals surface area contributed by atoms with Gasteiger partial charge in [-0.05, 0) is 29.8 Å². The van der Waals surface area contributed by atoms with E-state index >= 15 is 0 Å². The van der Waals surface area contributed by atoms with Crippen LogP contribution in [0.15, 0.2) is 42.5 Å². The highest BCUT2D eigenvalue weighted by Crippen LogP contribution is 2.32. The maximum Gasteiger partial charge on any atom is 0.265 e. The number of anilines is 1. The number of hydrogen-bond donors (Lipinski definition) is 1. The zero-order chi connectivity index (χ0) is 17.8. The second-order valence-corrected chi connectivity index (χ2v) is 5.58. The van der Waals surface area contributed by atoms with Gasteiger partial charge < -0.3 is 20.1 Å². The van der Waals surface area contributed by atoms with E-state index in [4.69, 9.17) is 15.2 Å². The Balaban J connectivity index is 1.63. The summed E-state index contributed by atoms with van der Waals surface area (Å²) < 4.78 is 24.1. The average molecular weight is 344 g/mol. The quantitative estimate of drug-likeness (QED) is 0.894. The first-order valence-corrected chi connectivity index (χ1v) is 7.76. The lowest BCUT2D eigenvalue weighted by Gasteiger charge is -2.29. The Hall–Kier alpha value is -3.09. The van der Waals surface area contributed by atoms with Gasteiger partial charge in [-0.25, -0.2) is 4.39 Å². The van der Waals surface area contributed by atoms with E-state index in [1.807, 2.05) is 0 Å². The van der Waals surface area contributed by atoms with E-state index in [1.165, 1.54) is 23.1 Å². The molecule has 2 amide bonds. The van der Waals surface area contributed by atoms with Gasteiger partial charge in [-0.15, -0.1) is 0 Å². The van der Waals surface area contributed by atoms with E-state index in [0.29, 0.717) is 30.3 Å². The Morgan fingerprint density at radius 2 is 1.96 bits per heavy atom. The van der Waals surface area contributed by atoms with Gasteiger partial charge in [0.1, 0.15) is 23.9 Å². The molecule has 0 atom stereocenters. The van der Waals surface area contributed by atoms with Gasteiger partial charge in [0.2, 0.25) is 5.91 Å². The zero-order valence-electron chi connectivity index (χ0n) is 13.4. The molecular weight excluding hydrogens is 327 g/mol. The molecule has 7 heteroatoms. The summed E-state index contributed by atoms with van der Waals surface area (Å²) in [6.07, 6.45) is 0.153. The summed E-state index contributed by atoms with van der Waals surface area (Å²) in [6.45, 7) is 0.508. The fourth-order valence-electron chi connectivity index (χ4n) is 2.58. The van der Waals surface area contributed by atoms with Crippen molar-refractivity contribution in [1.82, 2.24) is 0 Å². The van der Waals surface area contributed by atoms with Gasteiger partial charge in [-0.1, -0.05) is 12.1 Å². The van der Waals surface area contributed by atoms with Crippen molar-refractivity contribution in [3.63, 3.8) is 0 Å². The minimum absolute atomic E-state index is 0.153. The van der Waals surface area contributed by atoms with E-state index in [9.17, 15) is 14.0 Å². The number of nitrogens with zero attached hydrogens (tertiary/aromatic N) is 1. The van der Waals surface area contributed by atoms with Gasteiger partial charge in [0.15, 0.2) is 6.61 Å². The molecule has 0 saturated carbocycles. The number of hydrogen-bond acceptors (Lipinski definition) is 4. The standard InChI is InChI=1S/C18H17FN2O4/c19-13-3-6-15-16(10-13)24-8-7-21(15)18(23)11-25-14-4-1-12(2-5-14)9-17(20)22/h1-6,10H,7-9,11H2,(H2,20,22). The first kappa shape index (κ1) is 16.8. The Bertz CT molecular complexity index is 792. The van der Waals surface area contributed by atoms with Crippen molar-refractivity contribution in [1.29, 1.82) is 0 Å². The zero-order valence-corrected chi connectivity index (χ0v) is 13.4. The molecule has 2 N–H and O–H groups in total. The van der Waals surface area contributed by atoms with Crippen molar-refractivity contribution in [3.05, 3.63) is 53.8 Å². The van der Waals surface area contributed by atoms with Gasteiger partial charge >= 0.3 is 0 Å². The van der Waals surface area contributed by atoms with Crippen LogP contribution in [0.5, 0.6) is 11.5 Å². The van der Waals surface area contributed by atoms with Crippen LogP contribution >= 0.6 is 0 Å². The lowest BCUT2D eigenvalue weighted by atomic mass is 10.1. The van der Waals surface area contributed by atoms with E-state index in [-0.39, 0.29) is 18.9 Å². The SMILES string of the molecule is NC(=O)Cc1ccc(OCC(=O)N2CCOc3cc(F)ccc32)cc1. The van der Waals surface area contributed by atoms with Crippen LogP contribution in [0.2, 0.25) is 0 Å².